The van der Waals surface area contributed by atoms with Gasteiger partial charge in [0.2, 0.25) is 17.7 Å². The second kappa shape index (κ2) is 19.4. The van der Waals surface area contributed by atoms with Gasteiger partial charge >= 0.3 is 32.7 Å². The number of amides is 3. The van der Waals surface area contributed by atoms with Crippen LogP contribution in [0, 0.1) is 33.3 Å². The molecule has 204 valence electrons. The van der Waals surface area contributed by atoms with Crippen LogP contribution in [-0.4, -0.2) is 52.8 Å². The van der Waals surface area contributed by atoms with Crippen LogP contribution < -0.4 is 10.6 Å². The third kappa shape index (κ3) is 12.6. The number of aryl methyl sites for hydroxylation is 1. The van der Waals surface area contributed by atoms with Gasteiger partial charge in [0, 0.05) is 20.0 Å². The van der Waals surface area contributed by atoms with Gasteiger partial charge in [-0.3, -0.25) is 14.4 Å². The zero-order valence-corrected chi connectivity index (χ0v) is 27.8. The molecule has 1 saturated heterocycles. The predicted octanol–water partition coefficient (Wildman–Crippen LogP) is 4.85. The van der Waals surface area contributed by atoms with Gasteiger partial charge in [-0.1, -0.05) is 64.6 Å². The average molecular weight is 607 g/mol. The molecule has 1 fully saturated rings. The molecule has 1 aliphatic heterocycles. The predicted molar refractivity (Wildman–Crippen MR) is 151 cm³/mol. The van der Waals surface area contributed by atoms with Crippen LogP contribution in [0.25, 0.3) is 0 Å². The molecule has 37 heavy (non-hydrogen) atoms. The molecule has 0 radical (unpaired) electrons. The Morgan fingerprint density at radius 3 is 2.41 bits per heavy atom. The van der Waals surface area contributed by atoms with Crippen molar-refractivity contribution in [2.75, 3.05) is 13.1 Å². The molecule has 1 aromatic heterocycles. The molecule has 2 N–H and O–H groups in total. The maximum atomic E-state index is 13.2. The zero-order valence-electron chi connectivity index (χ0n) is 24.1. The molecule has 2 heterocycles. The van der Waals surface area contributed by atoms with Crippen molar-refractivity contribution in [2.24, 2.45) is 5.41 Å². The SMILES string of the molecule is C=C/C(=C\C=[C-]c1scnc1C)CNC(=O)C1CCCN1C(=O)[C@@H](NC(C)=O)C(C)(C)C.CC.[CH3-].[CH3-].[Y+3]. The zero-order chi connectivity index (χ0) is 25.9. The molecule has 2 rings (SSSR count). The molecule has 0 saturated carbocycles. The van der Waals surface area contributed by atoms with Crippen LogP contribution in [0.1, 0.15) is 65.0 Å². The standard InChI is InChI=1S/C24H33N4O3S.C2H6.2CH3.Y/c1-7-18(10-8-12-20-16(2)26-15-32-20)14-25-22(30)19-11-9-13-28(19)23(31)21(24(4,5)6)27-17(3)29;1-2;;;/h7-8,10,15,19,21H,1,9,11,13-14H2,2-6H3,(H,25,30)(H,27,29);1-2H3;2*1H3;/q-1;;2*-1;+3/b18-10+;;;;/t19?,21-;;;;/m1..../s1. The minimum absolute atomic E-state index is 0. The van der Waals surface area contributed by atoms with Crippen LogP contribution in [0.3, 0.4) is 0 Å². The van der Waals surface area contributed by atoms with Crippen molar-refractivity contribution < 1.29 is 47.1 Å². The third-order valence-corrected chi connectivity index (χ3v) is 6.15. The summed E-state index contributed by atoms with van der Waals surface area (Å²) < 4.78 is 0. The summed E-state index contributed by atoms with van der Waals surface area (Å²) >= 11 is 1.51. The van der Waals surface area contributed by atoms with Crippen molar-refractivity contribution in [3.8, 4) is 0 Å². The Morgan fingerprint density at radius 2 is 1.92 bits per heavy atom. The molecule has 3 amide bonds. The molecule has 0 bridgehead atoms. The van der Waals surface area contributed by atoms with Gasteiger partial charge in [-0.05, 0) is 24.0 Å². The number of likely N-dealkylation sites (tertiary alicyclic amines) is 1. The molecule has 1 aliphatic rings. The third-order valence-electron chi connectivity index (χ3n) is 5.29. The van der Waals surface area contributed by atoms with E-state index in [0.717, 1.165) is 22.6 Å². The Labute approximate surface area is 254 Å². The number of nitrogens with one attached hydrogen (secondary N) is 2. The molecule has 0 aromatic carbocycles. The first-order valence-electron chi connectivity index (χ1n) is 11.7. The van der Waals surface area contributed by atoms with E-state index in [0.29, 0.717) is 19.5 Å². The molecule has 2 atom stereocenters. The van der Waals surface area contributed by atoms with E-state index in [1.54, 1.807) is 22.6 Å². The van der Waals surface area contributed by atoms with E-state index in [2.05, 4.69) is 28.3 Å². The van der Waals surface area contributed by atoms with Crippen LogP contribution in [0.15, 0.2) is 35.9 Å². The average Bonchev–Trinajstić information content (AvgIpc) is 3.43. The van der Waals surface area contributed by atoms with E-state index in [1.807, 2.05) is 47.6 Å². The smallest absolute Gasteiger partial charge is 0.358 e. The largest absolute Gasteiger partial charge is 3.00 e. The number of aromatic nitrogens is 1. The summed E-state index contributed by atoms with van der Waals surface area (Å²) in [7, 11) is 0. The molecular weight excluding hydrogens is 561 g/mol. The van der Waals surface area contributed by atoms with Crippen molar-refractivity contribution in [3.05, 3.63) is 67.4 Å². The summed E-state index contributed by atoms with van der Waals surface area (Å²) in [4.78, 5) is 44.5. The Kier molecular flexibility index (Phi) is 20.9. The molecule has 9 heteroatoms. The van der Waals surface area contributed by atoms with Gasteiger partial charge in [0.05, 0.1) is 5.51 Å². The normalized spacial score (nSPS) is 15.7. The van der Waals surface area contributed by atoms with Crippen molar-refractivity contribution >= 4 is 29.1 Å². The first-order chi connectivity index (χ1) is 16.0. The second-order valence-corrected chi connectivity index (χ2v) is 9.79. The number of allylic oxidation sites excluding steroid dienone is 2. The van der Waals surface area contributed by atoms with Gasteiger partial charge in [-0.2, -0.15) is 29.6 Å². The van der Waals surface area contributed by atoms with Crippen molar-refractivity contribution in [3.63, 3.8) is 0 Å². The van der Waals surface area contributed by atoms with Crippen LogP contribution in [0.2, 0.25) is 0 Å². The Hall–Kier alpha value is -1.64. The molecular formula is C28H45N4O3SY. The van der Waals surface area contributed by atoms with E-state index < -0.39 is 17.5 Å². The fourth-order valence-electron chi connectivity index (χ4n) is 3.49. The molecule has 1 unspecified atom stereocenters. The van der Waals surface area contributed by atoms with Gasteiger partial charge < -0.3 is 35.4 Å². The second-order valence-electron chi connectivity index (χ2n) is 8.93. The summed E-state index contributed by atoms with van der Waals surface area (Å²) in [6.45, 7) is 17.6. The fraction of sp³-hybridized carbons (Fsp3) is 0.500. The first kappa shape index (κ1) is 39.9. The Bertz CT molecular complexity index is 919. The van der Waals surface area contributed by atoms with Crippen LogP contribution in [0.5, 0.6) is 0 Å². The van der Waals surface area contributed by atoms with Crippen molar-refractivity contribution in [1.29, 1.82) is 0 Å². The maximum absolute atomic E-state index is 13.2. The summed E-state index contributed by atoms with van der Waals surface area (Å²) in [5, 5.41) is 5.67. The number of hydrogen-bond acceptors (Lipinski definition) is 5. The van der Waals surface area contributed by atoms with Crippen LogP contribution in [-0.2, 0) is 47.1 Å². The number of rotatable bonds is 8. The van der Waals surface area contributed by atoms with Gasteiger partial charge in [-0.25, -0.2) is 0 Å². The van der Waals surface area contributed by atoms with E-state index in [-0.39, 0.29) is 65.3 Å². The van der Waals surface area contributed by atoms with E-state index in [9.17, 15) is 14.4 Å². The summed E-state index contributed by atoms with van der Waals surface area (Å²) in [5.41, 5.74) is 3.06. The van der Waals surface area contributed by atoms with Crippen LogP contribution >= 0.6 is 11.3 Å². The molecule has 0 spiro atoms. The molecule has 7 nitrogen and oxygen atoms in total. The minimum Gasteiger partial charge on any atom is -0.358 e. The van der Waals surface area contributed by atoms with Gasteiger partial charge in [-0.15, -0.1) is 0 Å². The molecule has 1 aromatic rings. The Balaban J connectivity index is -0.00000225. The fourth-order valence-corrected chi connectivity index (χ4v) is 4.17. The summed E-state index contributed by atoms with van der Waals surface area (Å²) in [5.74, 6) is -0.690. The number of nitrogens with zero attached hydrogens (tertiary/aromatic N) is 2. The number of hydrogen-bond donors (Lipinski definition) is 2. The summed E-state index contributed by atoms with van der Waals surface area (Å²) in [6, 6.07) is -1.23. The van der Waals surface area contributed by atoms with Gasteiger partial charge in [0.1, 0.15) is 12.1 Å². The number of thiazole rings is 1. The van der Waals surface area contributed by atoms with Gasteiger partial charge in [0.15, 0.2) is 0 Å². The topological polar surface area (TPSA) is 91.4 Å². The number of carbonyl (C=O) groups excluding carboxylic acids is 3. The quantitative estimate of drug-likeness (QED) is 0.327. The first-order valence-corrected chi connectivity index (χ1v) is 12.6. The van der Waals surface area contributed by atoms with Gasteiger partial charge in [0.25, 0.3) is 0 Å². The number of carbonyl (C=O) groups is 3. The van der Waals surface area contributed by atoms with Crippen LogP contribution in [0.4, 0.5) is 0 Å². The van der Waals surface area contributed by atoms with E-state index in [4.69, 9.17) is 0 Å². The minimum atomic E-state index is -0.687. The Morgan fingerprint density at radius 1 is 1.30 bits per heavy atom. The summed E-state index contributed by atoms with van der Waals surface area (Å²) in [6.07, 6.45) is 9.83. The molecule has 0 aliphatic carbocycles. The monoisotopic (exact) mass is 606 g/mol. The van der Waals surface area contributed by atoms with Crippen molar-refractivity contribution in [1.82, 2.24) is 20.5 Å². The van der Waals surface area contributed by atoms with E-state index >= 15 is 0 Å². The maximum Gasteiger partial charge on any atom is 3.00 e. The van der Waals surface area contributed by atoms with Crippen molar-refractivity contribution in [2.45, 2.75) is 73.4 Å². The van der Waals surface area contributed by atoms with E-state index in [1.165, 1.54) is 18.3 Å².